The van der Waals surface area contributed by atoms with Crippen LogP contribution in [0.5, 0.6) is 0 Å². The summed E-state index contributed by atoms with van der Waals surface area (Å²) >= 11 is 0. The van der Waals surface area contributed by atoms with Gasteiger partial charge in [-0.25, -0.2) is 9.59 Å². The average molecular weight is 284 g/mol. The smallest absolute Gasteiger partial charge is 0.326 e. The summed E-state index contributed by atoms with van der Waals surface area (Å²) in [7, 11) is 0. The van der Waals surface area contributed by atoms with E-state index in [2.05, 4.69) is 6.92 Å². The Hall–Kier alpha value is -1.30. The van der Waals surface area contributed by atoms with Crippen LogP contribution in [0.2, 0.25) is 0 Å². The van der Waals surface area contributed by atoms with Crippen LogP contribution in [0.3, 0.4) is 0 Å². The summed E-state index contributed by atoms with van der Waals surface area (Å²) < 4.78 is 0. The maximum atomic E-state index is 12.5. The van der Waals surface area contributed by atoms with Crippen LogP contribution in [0.15, 0.2) is 0 Å². The largest absolute Gasteiger partial charge is 0.480 e. The molecule has 2 fully saturated rings. The van der Waals surface area contributed by atoms with Gasteiger partial charge < -0.3 is 20.0 Å². The molecule has 0 saturated carbocycles. The van der Waals surface area contributed by atoms with E-state index in [9.17, 15) is 19.8 Å². The summed E-state index contributed by atoms with van der Waals surface area (Å²) in [6, 6.07) is -0.882. The molecule has 0 radical (unpaired) electrons. The number of hydrogen-bond acceptors (Lipinski definition) is 3. The summed E-state index contributed by atoms with van der Waals surface area (Å²) in [6.07, 6.45) is 3.21. The van der Waals surface area contributed by atoms with Crippen molar-refractivity contribution < 1.29 is 19.8 Å². The van der Waals surface area contributed by atoms with Crippen molar-refractivity contribution in [1.82, 2.24) is 9.80 Å². The Balaban J connectivity index is 2.02. The molecule has 20 heavy (non-hydrogen) atoms. The second-order valence-corrected chi connectivity index (χ2v) is 5.85. The molecule has 2 heterocycles. The van der Waals surface area contributed by atoms with Crippen LogP contribution in [0, 0.1) is 5.92 Å². The van der Waals surface area contributed by atoms with E-state index in [1.807, 2.05) is 0 Å². The lowest BCUT2D eigenvalue weighted by Gasteiger charge is -2.41. The van der Waals surface area contributed by atoms with Crippen LogP contribution >= 0.6 is 0 Å². The molecular formula is C14H24N2O4. The average Bonchev–Trinajstić information content (AvgIpc) is 2.46. The number of aliphatic hydroxyl groups excluding tert-OH is 1. The normalized spacial score (nSPS) is 28.5. The van der Waals surface area contributed by atoms with Crippen molar-refractivity contribution in [3.63, 3.8) is 0 Å². The molecule has 0 aromatic carbocycles. The molecule has 6 nitrogen and oxygen atoms in total. The molecule has 2 aliphatic rings. The number of carboxylic acids is 1. The van der Waals surface area contributed by atoms with Crippen molar-refractivity contribution >= 4 is 12.0 Å². The fraction of sp³-hybridized carbons (Fsp3) is 0.857. The number of hydrogen-bond donors (Lipinski definition) is 2. The Kier molecular flexibility index (Phi) is 4.86. The fourth-order valence-corrected chi connectivity index (χ4v) is 3.11. The monoisotopic (exact) mass is 284 g/mol. The van der Waals surface area contributed by atoms with Crippen LogP contribution in [0.4, 0.5) is 4.79 Å². The van der Waals surface area contributed by atoms with Gasteiger partial charge in [0.25, 0.3) is 0 Å². The zero-order chi connectivity index (χ0) is 14.7. The van der Waals surface area contributed by atoms with Crippen LogP contribution in [-0.2, 0) is 4.79 Å². The van der Waals surface area contributed by atoms with Gasteiger partial charge in [-0.1, -0.05) is 13.3 Å². The van der Waals surface area contributed by atoms with Crippen molar-refractivity contribution in [2.45, 2.75) is 51.2 Å². The van der Waals surface area contributed by atoms with Gasteiger partial charge in [0.2, 0.25) is 0 Å². The SMILES string of the molecule is CCC1CCN(C(=O)N2CCC(O)CC2)C(C(=O)O)C1. The first-order valence-corrected chi connectivity index (χ1v) is 7.49. The Morgan fingerprint density at radius 3 is 2.35 bits per heavy atom. The number of carbonyl (C=O) groups is 2. The first kappa shape index (κ1) is 15.1. The third kappa shape index (κ3) is 3.23. The van der Waals surface area contributed by atoms with Gasteiger partial charge in [0.1, 0.15) is 6.04 Å². The van der Waals surface area contributed by atoms with Gasteiger partial charge in [0.05, 0.1) is 6.10 Å². The van der Waals surface area contributed by atoms with Gasteiger partial charge >= 0.3 is 12.0 Å². The van der Waals surface area contributed by atoms with Crippen LogP contribution < -0.4 is 0 Å². The van der Waals surface area contributed by atoms with Gasteiger partial charge in [-0.3, -0.25) is 0 Å². The second-order valence-electron chi connectivity index (χ2n) is 5.85. The number of likely N-dealkylation sites (tertiary alicyclic amines) is 2. The minimum atomic E-state index is -0.909. The minimum Gasteiger partial charge on any atom is -0.480 e. The molecule has 6 heteroatoms. The maximum Gasteiger partial charge on any atom is 0.326 e. The van der Waals surface area contributed by atoms with E-state index in [-0.39, 0.29) is 12.1 Å². The molecule has 2 atom stereocenters. The van der Waals surface area contributed by atoms with E-state index < -0.39 is 12.0 Å². The summed E-state index contributed by atoms with van der Waals surface area (Å²) in [5.74, 6) is -0.517. The number of carbonyl (C=O) groups excluding carboxylic acids is 1. The Bertz CT molecular complexity index is 366. The number of aliphatic carboxylic acids is 1. The molecule has 0 aromatic rings. The Labute approximate surface area is 119 Å². The lowest BCUT2D eigenvalue weighted by molar-refractivity contribution is -0.144. The lowest BCUT2D eigenvalue weighted by Crippen LogP contribution is -2.56. The first-order chi connectivity index (χ1) is 9.52. The number of piperidine rings is 2. The summed E-state index contributed by atoms with van der Waals surface area (Å²) in [5.41, 5.74) is 0. The standard InChI is InChI=1S/C14H24N2O4/c1-2-10-3-8-16(12(9-10)13(18)19)14(20)15-6-4-11(17)5-7-15/h10-12,17H,2-9H2,1H3,(H,18,19). The van der Waals surface area contributed by atoms with E-state index in [1.165, 1.54) is 4.90 Å². The Morgan fingerprint density at radius 1 is 1.15 bits per heavy atom. The number of carboxylic acid groups (broad SMARTS) is 1. The molecule has 114 valence electrons. The highest BCUT2D eigenvalue weighted by Crippen LogP contribution is 2.27. The van der Waals surface area contributed by atoms with Crippen molar-refractivity contribution in [1.29, 1.82) is 0 Å². The molecule has 0 aromatic heterocycles. The van der Waals surface area contributed by atoms with E-state index >= 15 is 0 Å². The number of urea groups is 1. The predicted molar refractivity (Wildman–Crippen MR) is 73.4 cm³/mol. The van der Waals surface area contributed by atoms with Crippen LogP contribution in [-0.4, -0.2) is 63.8 Å². The van der Waals surface area contributed by atoms with Gasteiger partial charge in [0, 0.05) is 19.6 Å². The molecule has 2 rings (SSSR count). The van der Waals surface area contributed by atoms with Crippen LogP contribution in [0.1, 0.15) is 39.0 Å². The maximum absolute atomic E-state index is 12.5. The number of amides is 2. The summed E-state index contributed by atoms with van der Waals surface area (Å²) in [4.78, 5) is 27.1. The topological polar surface area (TPSA) is 81.1 Å². The number of nitrogens with zero attached hydrogens (tertiary/aromatic N) is 2. The van der Waals surface area contributed by atoms with Gasteiger partial charge in [-0.2, -0.15) is 0 Å². The van der Waals surface area contributed by atoms with Crippen molar-refractivity contribution in [3.05, 3.63) is 0 Å². The number of aliphatic hydroxyl groups is 1. The van der Waals surface area contributed by atoms with Crippen molar-refractivity contribution in [2.24, 2.45) is 5.92 Å². The third-order valence-corrected chi connectivity index (χ3v) is 4.55. The number of rotatable bonds is 2. The highest BCUT2D eigenvalue weighted by Gasteiger charge is 2.38. The summed E-state index contributed by atoms with van der Waals surface area (Å²) in [5, 5.41) is 18.8. The second kappa shape index (κ2) is 6.43. The molecule has 0 bridgehead atoms. The lowest BCUT2D eigenvalue weighted by atomic mass is 9.89. The predicted octanol–water partition coefficient (Wildman–Crippen LogP) is 1.14. The third-order valence-electron chi connectivity index (χ3n) is 4.55. The molecule has 2 unspecified atom stereocenters. The van der Waals surface area contributed by atoms with Gasteiger partial charge in [0.15, 0.2) is 0 Å². The van der Waals surface area contributed by atoms with E-state index in [0.717, 1.165) is 12.8 Å². The van der Waals surface area contributed by atoms with Gasteiger partial charge in [-0.05, 0) is 31.6 Å². The minimum absolute atomic E-state index is 0.182. The first-order valence-electron chi connectivity index (χ1n) is 7.49. The Morgan fingerprint density at radius 2 is 1.80 bits per heavy atom. The van der Waals surface area contributed by atoms with Crippen molar-refractivity contribution in [3.8, 4) is 0 Å². The molecule has 0 aliphatic carbocycles. The highest BCUT2D eigenvalue weighted by atomic mass is 16.4. The van der Waals surface area contributed by atoms with Gasteiger partial charge in [-0.15, -0.1) is 0 Å². The molecule has 2 N–H and O–H groups in total. The summed E-state index contributed by atoms with van der Waals surface area (Å²) in [6.45, 7) is 3.61. The molecule has 2 amide bonds. The molecule has 2 saturated heterocycles. The highest BCUT2D eigenvalue weighted by molar-refractivity contribution is 5.83. The molecule has 2 aliphatic heterocycles. The molecular weight excluding hydrogens is 260 g/mol. The zero-order valence-electron chi connectivity index (χ0n) is 12.0. The zero-order valence-corrected chi connectivity index (χ0v) is 12.0. The molecule has 0 spiro atoms. The van der Waals surface area contributed by atoms with Crippen LogP contribution in [0.25, 0.3) is 0 Å². The van der Waals surface area contributed by atoms with E-state index in [4.69, 9.17) is 0 Å². The van der Waals surface area contributed by atoms with Crippen molar-refractivity contribution in [2.75, 3.05) is 19.6 Å². The van der Waals surface area contributed by atoms with E-state index in [0.29, 0.717) is 44.8 Å². The fourth-order valence-electron chi connectivity index (χ4n) is 3.11. The van der Waals surface area contributed by atoms with E-state index in [1.54, 1.807) is 4.90 Å². The quantitative estimate of drug-likeness (QED) is 0.796.